The van der Waals surface area contributed by atoms with Crippen molar-refractivity contribution in [2.75, 3.05) is 6.61 Å². The number of rotatable bonds is 4. The Balaban J connectivity index is 2.99. The van der Waals surface area contributed by atoms with Gasteiger partial charge in [0.05, 0.1) is 6.61 Å². The highest BCUT2D eigenvalue weighted by molar-refractivity contribution is 5.64. The normalized spacial score (nSPS) is 11.4. The van der Waals surface area contributed by atoms with E-state index >= 15 is 0 Å². The molecule has 0 radical (unpaired) electrons. The number of hydrogen-bond acceptors (Lipinski definition) is 2. The molecule has 2 nitrogen and oxygen atoms in total. The van der Waals surface area contributed by atoms with Gasteiger partial charge in [-0.05, 0) is 24.6 Å². The molecule has 0 aliphatic rings. The Morgan fingerprint density at radius 2 is 2.12 bits per heavy atom. The molecule has 0 unspecified atom stereocenters. The van der Waals surface area contributed by atoms with Crippen LogP contribution in [0.5, 0.6) is 5.75 Å². The highest BCUT2D eigenvalue weighted by Crippen LogP contribution is 2.21. The SMILES string of the molecule is C=C(C)/C=C/c1cc(/C=C/CO)ccc1O. The third-order valence-electron chi connectivity index (χ3n) is 2.01. The van der Waals surface area contributed by atoms with Crippen molar-refractivity contribution in [1.82, 2.24) is 0 Å². The first-order valence-corrected chi connectivity index (χ1v) is 5.07. The second-order valence-electron chi connectivity index (χ2n) is 3.58. The van der Waals surface area contributed by atoms with Crippen LogP contribution in [0.2, 0.25) is 0 Å². The van der Waals surface area contributed by atoms with Crippen LogP contribution in [-0.2, 0) is 0 Å². The second-order valence-corrected chi connectivity index (χ2v) is 3.58. The highest BCUT2D eigenvalue weighted by atomic mass is 16.3. The Kier molecular flexibility index (Phi) is 4.55. The summed E-state index contributed by atoms with van der Waals surface area (Å²) in [4.78, 5) is 0. The van der Waals surface area contributed by atoms with E-state index in [4.69, 9.17) is 5.11 Å². The summed E-state index contributed by atoms with van der Waals surface area (Å²) < 4.78 is 0. The van der Waals surface area contributed by atoms with Gasteiger partial charge in [0.2, 0.25) is 0 Å². The molecular formula is C14H16O2. The van der Waals surface area contributed by atoms with Gasteiger partial charge in [-0.15, -0.1) is 0 Å². The smallest absolute Gasteiger partial charge is 0.122 e. The predicted molar refractivity (Wildman–Crippen MR) is 68.1 cm³/mol. The molecule has 16 heavy (non-hydrogen) atoms. The summed E-state index contributed by atoms with van der Waals surface area (Å²) in [6.45, 7) is 5.66. The maximum Gasteiger partial charge on any atom is 0.122 e. The molecule has 0 saturated heterocycles. The van der Waals surface area contributed by atoms with Crippen molar-refractivity contribution in [1.29, 1.82) is 0 Å². The molecule has 0 fully saturated rings. The van der Waals surface area contributed by atoms with Crippen LogP contribution in [0.1, 0.15) is 18.1 Å². The van der Waals surface area contributed by atoms with Crippen LogP contribution < -0.4 is 0 Å². The van der Waals surface area contributed by atoms with Crippen molar-refractivity contribution in [3.05, 3.63) is 53.6 Å². The number of phenolic OH excluding ortho intramolecular Hbond substituents is 1. The summed E-state index contributed by atoms with van der Waals surface area (Å²) in [5.74, 6) is 0.235. The molecule has 0 saturated carbocycles. The van der Waals surface area contributed by atoms with E-state index in [9.17, 15) is 5.11 Å². The molecule has 0 spiro atoms. The van der Waals surface area contributed by atoms with Gasteiger partial charge < -0.3 is 10.2 Å². The van der Waals surface area contributed by atoms with Gasteiger partial charge in [-0.25, -0.2) is 0 Å². The van der Waals surface area contributed by atoms with Crippen LogP contribution >= 0.6 is 0 Å². The van der Waals surface area contributed by atoms with Crippen molar-refractivity contribution in [2.45, 2.75) is 6.92 Å². The van der Waals surface area contributed by atoms with E-state index < -0.39 is 0 Å². The Morgan fingerprint density at radius 1 is 1.38 bits per heavy atom. The third kappa shape index (κ3) is 3.75. The average molecular weight is 216 g/mol. The number of aromatic hydroxyl groups is 1. The number of aliphatic hydroxyl groups is 1. The molecule has 0 heterocycles. The van der Waals surface area contributed by atoms with Crippen LogP contribution in [0.15, 0.2) is 42.5 Å². The maximum atomic E-state index is 9.62. The van der Waals surface area contributed by atoms with Gasteiger partial charge in [-0.1, -0.05) is 42.5 Å². The molecule has 0 amide bonds. The van der Waals surface area contributed by atoms with Gasteiger partial charge in [0.1, 0.15) is 5.75 Å². The van der Waals surface area contributed by atoms with E-state index in [0.717, 1.165) is 16.7 Å². The van der Waals surface area contributed by atoms with Gasteiger partial charge in [-0.3, -0.25) is 0 Å². The lowest BCUT2D eigenvalue weighted by molar-refractivity contribution is 0.343. The average Bonchev–Trinajstić information content (AvgIpc) is 2.26. The van der Waals surface area contributed by atoms with E-state index in [0.29, 0.717) is 0 Å². The first kappa shape index (κ1) is 12.3. The number of benzene rings is 1. The van der Waals surface area contributed by atoms with E-state index in [-0.39, 0.29) is 12.4 Å². The zero-order valence-corrected chi connectivity index (χ0v) is 9.35. The molecule has 1 aromatic carbocycles. The second kappa shape index (κ2) is 5.93. The minimum atomic E-state index is 0.0117. The third-order valence-corrected chi connectivity index (χ3v) is 2.01. The van der Waals surface area contributed by atoms with Gasteiger partial charge >= 0.3 is 0 Å². The number of phenols is 1. The van der Waals surface area contributed by atoms with Crippen LogP contribution in [0.25, 0.3) is 12.2 Å². The van der Waals surface area contributed by atoms with E-state index in [1.807, 2.05) is 25.1 Å². The lowest BCUT2D eigenvalue weighted by atomic mass is 10.1. The molecule has 1 rings (SSSR count). The summed E-state index contributed by atoms with van der Waals surface area (Å²) >= 11 is 0. The zero-order valence-electron chi connectivity index (χ0n) is 9.35. The molecule has 1 aromatic rings. The minimum Gasteiger partial charge on any atom is -0.507 e. The number of hydrogen-bond donors (Lipinski definition) is 2. The summed E-state index contributed by atoms with van der Waals surface area (Å²) in [5, 5.41) is 18.3. The van der Waals surface area contributed by atoms with Gasteiger partial charge in [-0.2, -0.15) is 0 Å². The summed E-state index contributed by atoms with van der Waals surface area (Å²) in [6.07, 6.45) is 7.11. The Labute approximate surface area is 95.9 Å². The van der Waals surface area contributed by atoms with Crippen LogP contribution in [0.3, 0.4) is 0 Å². The van der Waals surface area contributed by atoms with Crippen LogP contribution in [-0.4, -0.2) is 16.8 Å². The highest BCUT2D eigenvalue weighted by Gasteiger charge is 1.97. The van der Waals surface area contributed by atoms with E-state index in [2.05, 4.69) is 6.58 Å². The summed E-state index contributed by atoms with van der Waals surface area (Å²) in [6, 6.07) is 5.27. The zero-order chi connectivity index (χ0) is 12.0. The number of allylic oxidation sites excluding steroid dienone is 2. The topological polar surface area (TPSA) is 40.5 Å². The van der Waals surface area contributed by atoms with E-state index in [1.165, 1.54) is 0 Å². The first-order chi connectivity index (χ1) is 7.63. The molecular weight excluding hydrogens is 200 g/mol. The Bertz CT molecular complexity index is 428. The predicted octanol–water partition coefficient (Wildman–Crippen LogP) is 2.99. The van der Waals surface area contributed by atoms with Gasteiger partial charge in [0.15, 0.2) is 0 Å². The lowest BCUT2D eigenvalue weighted by Gasteiger charge is -2.01. The van der Waals surface area contributed by atoms with Crippen molar-refractivity contribution >= 4 is 12.2 Å². The fourth-order valence-corrected chi connectivity index (χ4v) is 1.23. The quantitative estimate of drug-likeness (QED) is 0.759. The molecule has 0 aliphatic carbocycles. The monoisotopic (exact) mass is 216 g/mol. The molecule has 0 atom stereocenters. The fourth-order valence-electron chi connectivity index (χ4n) is 1.23. The van der Waals surface area contributed by atoms with Crippen molar-refractivity contribution in [3.63, 3.8) is 0 Å². The Morgan fingerprint density at radius 3 is 2.75 bits per heavy atom. The molecule has 0 aliphatic heterocycles. The van der Waals surface area contributed by atoms with Crippen LogP contribution in [0, 0.1) is 0 Å². The molecule has 0 bridgehead atoms. The van der Waals surface area contributed by atoms with Crippen molar-refractivity contribution in [2.24, 2.45) is 0 Å². The maximum absolute atomic E-state index is 9.62. The van der Waals surface area contributed by atoms with Gasteiger partial charge in [0.25, 0.3) is 0 Å². The molecule has 84 valence electrons. The first-order valence-electron chi connectivity index (χ1n) is 5.07. The standard InChI is InChI=1S/C14H16O2/c1-11(2)5-7-13-10-12(4-3-9-15)6-8-14(13)16/h3-8,10,15-16H,1,9H2,2H3/b4-3+,7-5+. The van der Waals surface area contributed by atoms with Crippen molar-refractivity contribution < 1.29 is 10.2 Å². The summed E-state index contributed by atoms with van der Waals surface area (Å²) in [5.41, 5.74) is 2.60. The van der Waals surface area contributed by atoms with Crippen LogP contribution in [0.4, 0.5) is 0 Å². The summed E-state index contributed by atoms with van der Waals surface area (Å²) in [7, 11) is 0. The molecule has 0 aromatic heterocycles. The largest absolute Gasteiger partial charge is 0.507 e. The van der Waals surface area contributed by atoms with Crippen molar-refractivity contribution in [3.8, 4) is 5.75 Å². The minimum absolute atomic E-state index is 0.0117. The molecule has 2 heteroatoms. The fraction of sp³-hybridized carbons (Fsp3) is 0.143. The molecule has 2 N–H and O–H groups in total. The Hall–Kier alpha value is -1.80. The lowest BCUT2D eigenvalue weighted by Crippen LogP contribution is -1.79. The van der Waals surface area contributed by atoms with E-state index in [1.54, 1.807) is 24.3 Å². The van der Waals surface area contributed by atoms with Gasteiger partial charge in [0, 0.05) is 5.56 Å². The number of aliphatic hydroxyl groups excluding tert-OH is 1.